The van der Waals surface area contributed by atoms with Crippen molar-refractivity contribution in [3.63, 3.8) is 0 Å². The van der Waals surface area contributed by atoms with Crippen LogP contribution in [0.15, 0.2) is 94.9 Å². The normalized spacial score (nSPS) is 11.6. The second-order valence-electron chi connectivity index (χ2n) is 7.36. The molecule has 0 spiro atoms. The quantitative estimate of drug-likeness (QED) is 0.154. The van der Waals surface area contributed by atoms with E-state index < -0.39 is 10.0 Å². The van der Waals surface area contributed by atoms with Crippen LogP contribution >= 0.6 is 22.6 Å². The van der Waals surface area contributed by atoms with E-state index in [9.17, 15) is 8.42 Å². The number of rotatable bonds is 9. The van der Waals surface area contributed by atoms with E-state index in [-0.39, 0.29) is 4.90 Å². The number of hydrogen-bond donors (Lipinski definition) is 1. The first kappa shape index (κ1) is 24.0. The first-order chi connectivity index (χ1) is 16.5. The molecular weight excluding hydrogens is 563 g/mol. The Hall–Kier alpha value is -3.11. The van der Waals surface area contributed by atoms with Crippen LogP contribution in [-0.2, 0) is 16.6 Å². The number of fused-ring (bicyclic) bond motifs is 1. The van der Waals surface area contributed by atoms with Gasteiger partial charge in [-0.15, -0.1) is 0 Å². The van der Waals surface area contributed by atoms with Crippen molar-refractivity contribution in [2.45, 2.75) is 18.4 Å². The minimum Gasteiger partial charge on any atom is -0.490 e. The average Bonchev–Trinajstić information content (AvgIpc) is 2.84. The summed E-state index contributed by atoms with van der Waals surface area (Å²) in [6.07, 6.45) is 1.44. The van der Waals surface area contributed by atoms with E-state index >= 15 is 0 Å². The molecule has 4 aromatic rings. The van der Waals surface area contributed by atoms with Gasteiger partial charge in [-0.25, -0.2) is 4.83 Å². The predicted molar refractivity (Wildman–Crippen MR) is 143 cm³/mol. The highest BCUT2D eigenvalue weighted by Gasteiger charge is 2.14. The smallest absolute Gasteiger partial charge is 0.276 e. The van der Waals surface area contributed by atoms with Gasteiger partial charge in [0.05, 0.1) is 21.3 Å². The minimum atomic E-state index is -3.73. The molecule has 0 heterocycles. The Morgan fingerprint density at radius 2 is 1.68 bits per heavy atom. The van der Waals surface area contributed by atoms with Crippen LogP contribution in [-0.4, -0.2) is 21.2 Å². The standard InChI is InChI=1S/C26H23IN2O4S/c1-2-32-25-16-19(17-28-29-34(30,31)22-12-4-3-5-13-22)15-24(27)26(25)33-18-21-11-8-10-20-9-6-7-14-23(20)21/h3-17,29H,2,18H2,1H3/b28-17-. The fraction of sp³-hybridized carbons (Fsp3) is 0.115. The van der Waals surface area contributed by atoms with Crippen molar-refractivity contribution in [2.24, 2.45) is 5.10 Å². The maximum Gasteiger partial charge on any atom is 0.276 e. The van der Waals surface area contributed by atoms with E-state index in [1.807, 2.05) is 31.2 Å². The molecule has 0 fully saturated rings. The zero-order valence-corrected chi connectivity index (χ0v) is 21.4. The second-order valence-corrected chi connectivity index (χ2v) is 10.2. The first-order valence-electron chi connectivity index (χ1n) is 10.6. The molecule has 4 aromatic carbocycles. The fourth-order valence-corrected chi connectivity index (χ4v) is 5.05. The molecule has 0 radical (unpaired) electrons. The summed E-state index contributed by atoms with van der Waals surface area (Å²) in [5.74, 6) is 1.21. The Balaban J connectivity index is 1.54. The Labute approximate surface area is 212 Å². The molecule has 34 heavy (non-hydrogen) atoms. The summed E-state index contributed by atoms with van der Waals surface area (Å²) in [7, 11) is -3.73. The molecule has 174 valence electrons. The molecule has 0 aromatic heterocycles. The zero-order valence-electron chi connectivity index (χ0n) is 18.4. The van der Waals surface area contributed by atoms with Crippen molar-refractivity contribution >= 4 is 49.6 Å². The topological polar surface area (TPSA) is 77.0 Å². The van der Waals surface area contributed by atoms with Crippen molar-refractivity contribution < 1.29 is 17.9 Å². The van der Waals surface area contributed by atoms with Gasteiger partial charge in [0.2, 0.25) is 0 Å². The number of nitrogens with zero attached hydrogens (tertiary/aromatic N) is 1. The lowest BCUT2D eigenvalue weighted by atomic mass is 10.1. The second kappa shape index (κ2) is 10.9. The van der Waals surface area contributed by atoms with Gasteiger partial charge in [-0.05, 0) is 75.7 Å². The Morgan fingerprint density at radius 1 is 0.941 bits per heavy atom. The molecular formula is C26H23IN2O4S. The monoisotopic (exact) mass is 586 g/mol. The van der Waals surface area contributed by atoms with E-state index in [0.717, 1.165) is 19.9 Å². The van der Waals surface area contributed by atoms with Gasteiger partial charge in [-0.3, -0.25) is 0 Å². The van der Waals surface area contributed by atoms with Crippen LogP contribution in [0.3, 0.4) is 0 Å². The number of halogens is 1. The molecule has 0 aliphatic heterocycles. The van der Waals surface area contributed by atoms with E-state index in [1.54, 1.807) is 24.3 Å². The van der Waals surface area contributed by atoms with Crippen molar-refractivity contribution in [1.82, 2.24) is 4.83 Å². The summed E-state index contributed by atoms with van der Waals surface area (Å²) in [4.78, 5) is 2.39. The molecule has 0 saturated heterocycles. The molecule has 0 amide bonds. The van der Waals surface area contributed by atoms with E-state index in [2.05, 4.69) is 56.8 Å². The van der Waals surface area contributed by atoms with Crippen molar-refractivity contribution in [3.8, 4) is 11.5 Å². The summed E-state index contributed by atoms with van der Waals surface area (Å²) >= 11 is 2.18. The van der Waals surface area contributed by atoms with Crippen molar-refractivity contribution in [2.75, 3.05) is 6.61 Å². The minimum absolute atomic E-state index is 0.147. The Morgan fingerprint density at radius 3 is 2.47 bits per heavy atom. The van der Waals surface area contributed by atoms with Gasteiger partial charge >= 0.3 is 0 Å². The number of nitrogens with one attached hydrogen (secondary N) is 1. The van der Waals surface area contributed by atoms with Gasteiger partial charge in [0.15, 0.2) is 11.5 Å². The maximum atomic E-state index is 12.4. The lowest BCUT2D eigenvalue weighted by Gasteiger charge is -2.15. The molecule has 0 aliphatic rings. The Bertz CT molecular complexity index is 1420. The molecule has 8 heteroatoms. The van der Waals surface area contributed by atoms with Gasteiger partial charge in [0.1, 0.15) is 6.61 Å². The molecule has 0 saturated carbocycles. The van der Waals surface area contributed by atoms with Crippen LogP contribution in [0.1, 0.15) is 18.1 Å². The van der Waals surface area contributed by atoms with Crippen LogP contribution in [0.2, 0.25) is 0 Å². The predicted octanol–water partition coefficient (Wildman–Crippen LogP) is 5.73. The molecule has 0 bridgehead atoms. The maximum absolute atomic E-state index is 12.4. The molecule has 0 atom stereocenters. The van der Waals surface area contributed by atoms with Crippen LogP contribution < -0.4 is 14.3 Å². The third-order valence-electron chi connectivity index (χ3n) is 5.02. The molecule has 6 nitrogen and oxygen atoms in total. The number of ether oxygens (including phenoxy) is 2. The largest absolute Gasteiger partial charge is 0.490 e. The lowest BCUT2D eigenvalue weighted by Crippen LogP contribution is -2.18. The lowest BCUT2D eigenvalue weighted by molar-refractivity contribution is 0.268. The molecule has 0 aliphatic carbocycles. The van der Waals surface area contributed by atoms with Crippen LogP contribution in [0, 0.1) is 3.57 Å². The SMILES string of the molecule is CCOc1cc(/C=N\NS(=O)(=O)c2ccccc2)cc(I)c1OCc1cccc2ccccc12. The van der Waals surface area contributed by atoms with Crippen molar-refractivity contribution in [3.05, 3.63) is 99.6 Å². The van der Waals surface area contributed by atoms with Gasteiger partial charge in [-0.1, -0.05) is 60.7 Å². The summed E-state index contributed by atoms with van der Waals surface area (Å²) in [5, 5.41) is 6.23. The molecule has 1 N–H and O–H groups in total. The van der Waals surface area contributed by atoms with Crippen LogP contribution in [0.25, 0.3) is 10.8 Å². The van der Waals surface area contributed by atoms with Gasteiger partial charge < -0.3 is 9.47 Å². The number of benzene rings is 4. The van der Waals surface area contributed by atoms with Crippen molar-refractivity contribution in [1.29, 1.82) is 0 Å². The average molecular weight is 586 g/mol. The van der Waals surface area contributed by atoms with Crippen LogP contribution in [0.4, 0.5) is 0 Å². The fourth-order valence-electron chi connectivity index (χ4n) is 3.46. The third-order valence-corrected chi connectivity index (χ3v) is 7.06. The van der Waals surface area contributed by atoms with E-state index in [0.29, 0.717) is 30.3 Å². The van der Waals surface area contributed by atoms with Gasteiger partial charge in [0.25, 0.3) is 10.0 Å². The highest BCUT2D eigenvalue weighted by molar-refractivity contribution is 14.1. The number of hydrazone groups is 1. The van der Waals surface area contributed by atoms with Gasteiger partial charge in [-0.2, -0.15) is 13.5 Å². The third kappa shape index (κ3) is 5.68. The van der Waals surface area contributed by atoms with Gasteiger partial charge in [0, 0.05) is 0 Å². The molecule has 4 rings (SSSR count). The Kier molecular flexibility index (Phi) is 7.69. The van der Waals surface area contributed by atoms with E-state index in [4.69, 9.17) is 9.47 Å². The van der Waals surface area contributed by atoms with E-state index in [1.165, 1.54) is 18.3 Å². The highest BCUT2D eigenvalue weighted by Crippen LogP contribution is 2.35. The zero-order chi connectivity index (χ0) is 24.0. The van der Waals surface area contributed by atoms with Crippen LogP contribution in [0.5, 0.6) is 11.5 Å². The highest BCUT2D eigenvalue weighted by atomic mass is 127. The summed E-state index contributed by atoms with van der Waals surface area (Å²) in [6.45, 7) is 2.75. The number of hydrogen-bond acceptors (Lipinski definition) is 5. The summed E-state index contributed by atoms with van der Waals surface area (Å²) < 4.78 is 37.6. The molecule has 0 unspecified atom stereocenters. The summed E-state index contributed by atoms with van der Waals surface area (Å²) in [6, 6.07) is 26.1. The summed E-state index contributed by atoms with van der Waals surface area (Å²) in [5.41, 5.74) is 1.76. The first-order valence-corrected chi connectivity index (χ1v) is 13.2. The number of sulfonamides is 1.